The molecule has 0 N–H and O–H groups in total. The zero-order valence-corrected chi connectivity index (χ0v) is 14.7. The van der Waals surface area contributed by atoms with Crippen molar-refractivity contribution in [3.63, 3.8) is 0 Å². The lowest BCUT2D eigenvalue weighted by molar-refractivity contribution is 0.0526. The molecule has 0 aromatic heterocycles. The van der Waals surface area contributed by atoms with Crippen molar-refractivity contribution >= 4 is 14.3 Å². The fourth-order valence-electron chi connectivity index (χ4n) is 1.53. The predicted octanol–water partition coefficient (Wildman–Crippen LogP) is 4.56. The van der Waals surface area contributed by atoms with E-state index in [1.807, 2.05) is 19.1 Å². The van der Waals surface area contributed by atoms with Crippen LogP contribution in [0.3, 0.4) is 0 Å². The van der Waals surface area contributed by atoms with Crippen LogP contribution in [0.15, 0.2) is 18.2 Å². The molecule has 112 valence electrons. The average Bonchev–Trinajstić information content (AvgIpc) is 2.30. The van der Waals surface area contributed by atoms with E-state index >= 15 is 0 Å². The van der Waals surface area contributed by atoms with Gasteiger partial charge in [0.25, 0.3) is 0 Å². The molecule has 0 aliphatic rings. The molecule has 1 rings (SSSR count). The van der Waals surface area contributed by atoms with Crippen molar-refractivity contribution in [3.8, 4) is 5.75 Å². The topological polar surface area (TPSA) is 35.5 Å². The minimum atomic E-state index is -1.85. The normalized spacial score (nSPS) is 12.2. The van der Waals surface area contributed by atoms with Crippen LogP contribution in [-0.4, -0.2) is 20.9 Å². The number of benzene rings is 1. The molecule has 0 saturated heterocycles. The Morgan fingerprint density at radius 1 is 1.25 bits per heavy atom. The summed E-state index contributed by atoms with van der Waals surface area (Å²) in [5.41, 5.74) is 1.55. The molecule has 1 aromatic carbocycles. The molecule has 0 amide bonds. The van der Waals surface area contributed by atoms with E-state index in [1.54, 1.807) is 13.0 Å². The number of carbonyl (C=O) groups excluding carboxylic acids is 1. The number of aryl methyl sites for hydroxylation is 1. The maximum atomic E-state index is 11.7. The number of esters is 1. The molecular formula is C16H26O3Si. The minimum absolute atomic E-state index is 0.152. The van der Waals surface area contributed by atoms with E-state index in [9.17, 15) is 4.79 Å². The van der Waals surface area contributed by atoms with Crippen LogP contribution in [0.2, 0.25) is 18.1 Å². The van der Waals surface area contributed by atoms with E-state index in [2.05, 4.69) is 33.9 Å². The summed E-state index contributed by atoms with van der Waals surface area (Å²) in [6.07, 6.45) is 0. The van der Waals surface area contributed by atoms with Crippen LogP contribution in [0, 0.1) is 6.92 Å². The second kappa shape index (κ2) is 6.00. The largest absolute Gasteiger partial charge is 0.543 e. The molecule has 0 fully saturated rings. The first-order valence-electron chi connectivity index (χ1n) is 7.05. The molecule has 1 aromatic rings. The second-order valence-electron chi connectivity index (χ2n) is 6.56. The van der Waals surface area contributed by atoms with Crippen LogP contribution < -0.4 is 4.43 Å². The van der Waals surface area contributed by atoms with Crippen molar-refractivity contribution in [2.24, 2.45) is 0 Å². The third-order valence-corrected chi connectivity index (χ3v) is 8.20. The van der Waals surface area contributed by atoms with Crippen molar-refractivity contribution in [1.29, 1.82) is 0 Å². The van der Waals surface area contributed by atoms with Crippen molar-refractivity contribution in [3.05, 3.63) is 29.3 Å². The van der Waals surface area contributed by atoms with E-state index in [1.165, 1.54) is 0 Å². The number of rotatable bonds is 4. The maximum Gasteiger partial charge on any atom is 0.338 e. The summed E-state index contributed by atoms with van der Waals surface area (Å²) in [5.74, 6) is 0.583. The second-order valence-corrected chi connectivity index (χ2v) is 11.3. The van der Waals surface area contributed by atoms with E-state index in [0.717, 1.165) is 11.3 Å². The smallest absolute Gasteiger partial charge is 0.338 e. The van der Waals surface area contributed by atoms with Crippen LogP contribution in [0.1, 0.15) is 43.6 Å². The van der Waals surface area contributed by atoms with Crippen LogP contribution in [0.5, 0.6) is 5.75 Å². The molecule has 4 heteroatoms. The van der Waals surface area contributed by atoms with Crippen LogP contribution in [0.25, 0.3) is 0 Å². The first-order valence-corrected chi connectivity index (χ1v) is 9.96. The lowest BCUT2D eigenvalue weighted by atomic mass is 10.1. The monoisotopic (exact) mass is 294 g/mol. The highest BCUT2D eigenvalue weighted by atomic mass is 28.4. The Labute approximate surface area is 123 Å². The summed E-state index contributed by atoms with van der Waals surface area (Å²) < 4.78 is 11.3. The van der Waals surface area contributed by atoms with Gasteiger partial charge in [-0.05, 0) is 55.7 Å². The van der Waals surface area contributed by atoms with Gasteiger partial charge in [-0.1, -0.05) is 20.8 Å². The highest BCUT2D eigenvalue weighted by Crippen LogP contribution is 2.38. The van der Waals surface area contributed by atoms with Gasteiger partial charge in [-0.25, -0.2) is 4.79 Å². The van der Waals surface area contributed by atoms with Gasteiger partial charge in [0.2, 0.25) is 8.32 Å². The van der Waals surface area contributed by atoms with Crippen LogP contribution in [0.4, 0.5) is 0 Å². The van der Waals surface area contributed by atoms with Gasteiger partial charge >= 0.3 is 5.97 Å². The molecule has 0 spiro atoms. The average molecular weight is 294 g/mol. The van der Waals surface area contributed by atoms with E-state index < -0.39 is 8.32 Å². The predicted molar refractivity (Wildman–Crippen MR) is 85.0 cm³/mol. The van der Waals surface area contributed by atoms with Gasteiger partial charge in [0.15, 0.2) is 0 Å². The fraction of sp³-hybridized carbons (Fsp3) is 0.562. The maximum absolute atomic E-state index is 11.7. The molecule has 0 radical (unpaired) electrons. The summed E-state index contributed by atoms with van der Waals surface area (Å²) in [4.78, 5) is 11.7. The molecule has 20 heavy (non-hydrogen) atoms. The molecule has 0 heterocycles. The Kier molecular flexibility index (Phi) is 5.03. The minimum Gasteiger partial charge on any atom is -0.543 e. The number of carbonyl (C=O) groups is 1. The van der Waals surface area contributed by atoms with Gasteiger partial charge in [-0.3, -0.25) is 0 Å². The van der Waals surface area contributed by atoms with Crippen molar-refractivity contribution in [1.82, 2.24) is 0 Å². The molecule has 0 unspecified atom stereocenters. The summed E-state index contributed by atoms with van der Waals surface area (Å²) >= 11 is 0. The van der Waals surface area contributed by atoms with E-state index in [-0.39, 0.29) is 11.0 Å². The quantitative estimate of drug-likeness (QED) is 0.603. The molecule has 0 saturated carbocycles. The standard InChI is InChI=1S/C16H26O3Si/c1-8-18-15(17)13-9-10-14(12(2)11-13)19-20(6,7)16(3,4)5/h9-11H,8H2,1-7H3. The number of ether oxygens (including phenoxy) is 1. The van der Waals surface area contributed by atoms with E-state index in [4.69, 9.17) is 9.16 Å². The Bertz CT molecular complexity index is 487. The first kappa shape index (κ1) is 16.8. The van der Waals surface area contributed by atoms with Crippen LogP contribution in [-0.2, 0) is 4.74 Å². The molecule has 0 aliphatic carbocycles. The highest BCUT2D eigenvalue weighted by molar-refractivity contribution is 6.74. The zero-order valence-electron chi connectivity index (χ0n) is 13.7. The van der Waals surface area contributed by atoms with E-state index in [0.29, 0.717) is 12.2 Å². The summed E-state index contributed by atoms with van der Waals surface area (Å²) in [7, 11) is -1.85. The van der Waals surface area contributed by atoms with Gasteiger partial charge in [-0.2, -0.15) is 0 Å². The third kappa shape index (κ3) is 3.85. The lowest BCUT2D eigenvalue weighted by Crippen LogP contribution is -2.44. The molecule has 0 bridgehead atoms. The van der Waals surface area contributed by atoms with Gasteiger partial charge in [0.05, 0.1) is 12.2 Å². The summed E-state index contributed by atoms with van der Waals surface area (Å²) in [6, 6.07) is 5.48. The Morgan fingerprint density at radius 3 is 2.30 bits per heavy atom. The molecule has 0 atom stereocenters. The third-order valence-electron chi connectivity index (χ3n) is 3.86. The van der Waals surface area contributed by atoms with Crippen molar-refractivity contribution < 1.29 is 14.0 Å². The molecule has 0 aliphatic heterocycles. The molecule has 3 nitrogen and oxygen atoms in total. The highest BCUT2D eigenvalue weighted by Gasteiger charge is 2.39. The van der Waals surface area contributed by atoms with Gasteiger partial charge in [0.1, 0.15) is 5.75 Å². The van der Waals surface area contributed by atoms with Crippen molar-refractivity contribution in [2.45, 2.75) is 52.8 Å². The number of hydrogen-bond acceptors (Lipinski definition) is 3. The SMILES string of the molecule is CCOC(=O)c1ccc(O[Si](C)(C)C(C)(C)C)c(C)c1. The van der Waals surface area contributed by atoms with Gasteiger partial charge in [0, 0.05) is 0 Å². The van der Waals surface area contributed by atoms with Gasteiger partial charge < -0.3 is 9.16 Å². The molecular weight excluding hydrogens is 268 g/mol. The Morgan fingerprint density at radius 2 is 1.85 bits per heavy atom. The number of hydrogen-bond donors (Lipinski definition) is 0. The lowest BCUT2D eigenvalue weighted by Gasteiger charge is -2.37. The fourth-order valence-corrected chi connectivity index (χ4v) is 2.62. The first-order chi connectivity index (χ1) is 9.08. The van der Waals surface area contributed by atoms with Crippen molar-refractivity contribution in [2.75, 3.05) is 6.61 Å². The summed E-state index contributed by atoms with van der Waals surface area (Å²) in [5, 5.41) is 0.152. The zero-order chi connectivity index (χ0) is 15.6. The Hall–Kier alpha value is -1.29. The van der Waals surface area contributed by atoms with Gasteiger partial charge in [-0.15, -0.1) is 0 Å². The summed E-state index contributed by atoms with van der Waals surface area (Å²) in [6.45, 7) is 15.2. The van der Waals surface area contributed by atoms with Crippen LogP contribution >= 0.6 is 0 Å². The Balaban J connectivity index is 2.97.